The van der Waals surface area contributed by atoms with Crippen LogP contribution < -0.4 is 19.7 Å². The molecule has 2 amide bonds. The number of nitrogens with zero attached hydrogens (tertiary/aromatic N) is 1. The standard InChI is InChI=1S/C21H22N2O4/c1-26-16-12-15(13-17(14-16)27-2)9-10-20(24)22-18-6-3-4-7-19(18)23-11-5-8-21(23)25/h3-4,6-7,9-10,12-14H,5,8,11H2,1-2H3,(H,22,24)/b10-9+. The Morgan fingerprint density at radius 1 is 1.11 bits per heavy atom. The van der Waals surface area contributed by atoms with E-state index in [9.17, 15) is 9.59 Å². The van der Waals surface area contributed by atoms with E-state index in [1.807, 2.05) is 30.3 Å². The summed E-state index contributed by atoms with van der Waals surface area (Å²) in [4.78, 5) is 26.1. The molecule has 1 saturated heterocycles. The fraction of sp³-hybridized carbons (Fsp3) is 0.238. The predicted molar refractivity (Wildman–Crippen MR) is 105 cm³/mol. The van der Waals surface area contributed by atoms with Crippen molar-refractivity contribution >= 4 is 29.3 Å². The van der Waals surface area contributed by atoms with Crippen molar-refractivity contribution in [3.8, 4) is 11.5 Å². The molecule has 140 valence electrons. The predicted octanol–water partition coefficient (Wildman–Crippen LogP) is 3.48. The van der Waals surface area contributed by atoms with Crippen molar-refractivity contribution in [1.29, 1.82) is 0 Å². The average Bonchev–Trinajstić information content (AvgIpc) is 3.12. The minimum atomic E-state index is -0.282. The Hall–Kier alpha value is -3.28. The number of rotatable bonds is 6. The first-order chi connectivity index (χ1) is 13.1. The van der Waals surface area contributed by atoms with Gasteiger partial charge < -0.3 is 19.7 Å². The molecular formula is C21H22N2O4. The number of anilines is 2. The second-order valence-corrected chi connectivity index (χ2v) is 6.13. The second kappa shape index (κ2) is 8.40. The van der Waals surface area contributed by atoms with Crippen LogP contribution in [0.1, 0.15) is 18.4 Å². The van der Waals surface area contributed by atoms with Crippen molar-refractivity contribution in [2.75, 3.05) is 31.0 Å². The maximum absolute atomic E-state index is 12.4. The third kappa shape index (κ3) is 4.47. The molecule has 0 atom stereocenters. The zero-order valence-electron chi connectivity index (χ0n) is 15.4. The molecule has 6 nitrogen and oxygen atoms in total. The quantitative estimate of drug-likeness (QED) is 0.795. The molecule has 0 radical (unpaired) electrons. The number of nitrogens with one attached hydrogen (secondary N) is 1. The summed E-state index contributed by atoms with van der Waals surface area (Å²) in [6.07, 6.45) is 4.50. The Kier molecular flexibility index (Phi) is 5.76. The van der Waals surface area contributed by atoms with Crippen LogP contribution in [0.5, 0.6) is 11.5 Å². The number of carbonyl (C=O) groups is 2. The third-order valence-corrected chi connectivity index (χ3v) is 4.33. The van der Waals surface area contributed by atoms with Crippen molar-refractivity contribution in [1.82, 2.24) is 0 Å². The van der Waals surface area contributed by atoms with E-state index in [2.05, 4.69) is 5.32 Å². The number of ether oxygens (including phenoxy) is 2. The molecule has 27 heavy (non-hydrogen) atoms. The molecule has 1 heterocycles. The molecule has 0 aromatic heterocycles. The van der Waals surface area contributed by atoms with Gasteiger partial charge in [0.05, 0.1) is 25.6 Å². The first kappa shape index (κ1) is 18.5. The number of benzene rings is 2. The molecule has 2 aromatic carbocycles. The Morgan fingerprint density at radius 3 is 2.44 bits per heavy atom. The zero-order chi connectivity index (χ0) is 19.2. The Balaban J connectivity index is 1.75. The Morgan fingerprint density at radius 2 is 1.81 bits per heavy atom. The van der Waals surface area contributed by atoms with E-state index in [1.54, 1.807) is 37.3 Å². The first-order valence-corrected chi connectivity index (χ1v) is 8.72. The summed E-state index contributed by atoms with van der Waals surface area (Å²) in [6, 6.07) is 12.7. The lowest BCUT2D eigenvalue weighted by molar-refractivity contribution is -0.117. The monoisotopic (exact) mass is 366 g/mol. The van der Waals surface area contributed by atoms with Gasteiger partial charge in [-0.2, -0.15) is 0 Å². The molecule has 1 aliphatic heterocycles. The molecule has 0 aliphatic carbocycles. The van der Waals surface area contributed by atoms with Gasteiger partial charge in [-0.1, -0.05) is 12.1 Å². The van der Waals surface area contributed by atoms with Crippen molar-refractivity contribution in [3.05, 3.63) is 54.1 Å². The molecule has 0 bridgehead atoms. The van der Waals surface area contributed by atoms with Crippen LogP contribution in [0, 0.1) is 0 Å². The van der Waals surface area contributed by atoms with Gasteiger partial charge in [0, 0.05) is 25.1 Å². The lowest BCUT2D eigenvalue weighted by atomic mass is 10.2. The molecule has 2 aromatic rings. The molecule has 0 unspecified atom stereocenters. The van der Waals surface area contributed by atoms with Crippen molar-refractivity contribution in [2.45, 2.75) is 12.8 Å². The average molecular weight is 366 g/mol. The Bertz CT molecular complexity index is 854. The minimum Gasteiger partial charge on any atom is -0.497 e. The number of hydrogen-bond acceptors (Lipinski definition) is 4. The van der Waals surface area contributed by atoms with Gasteiger partial charge >= 0.3 is 0 Å². The zero-order valence-corrected chi connectivity index (χ0v) is 15.4. The number of para-hydroxylation sites is 2. The lowest BCUT2D eigenvalue weighted by Crippen LogP contribution is -2.25. The highest BCUT2D eigenvalue weighted by Crippen LogP contribution is 2.29. The smallest absolute Gasteiger partial charge is 0.248 e. The van der Waals surface area contributed by atoms with Crippen molar-refractivity contribution in [2.24, 2.45) is 0 Å². The van der Waals surface area contributed by atoms with Gasteiger partial charge in [0.25, 0.3) is 0 Å². The number of amides is 2. The van der Waals surface area contributed by atoms with Crippen LogP contribution in [0.3, 0.4) is 0 Å². The summed E-state index contributed by atoms with van der Waals surface area (Å²) in [5.41, 5.74) is 2.12. The van der Waals surface area contributed by atoms with E-state index < -0.39 is 0 Å². The second-order valence-electron chi connectivity index (χ2n) is 6.13. The molecule has 0 spiro atoms. The molecular weight excluding hydrogens is 344 g/mol. The van der Waals surface area contributed by atoms with Crippen LogP contribution in [0.15, 0.2) is 48.5 Å². The molecule has 1 fully saturated rings. The maximum atomic E-state index is 12.4. The summed E-state index contributed by atoms with van der Waals surface area (Å²) in [5.74, 6) is 1.09. The van der Waals surface area contributed by atoms with E-state index in [-0.39, 0.29) is 11.8 Å². The number of carbonyl (C=O) groups excluding carboxylic acids is 2. The SMILES string of the molecule is COc1cc(/C=C/C(=O)Nc2ccccc2N2CCCC2=O)cc(OC)c1. The van der Waals surface area contributed by atoms with Crippen LogP contribution in [-0.2, 0) is 9.59 Å². The number of methoxy groups -OCH3 is 2. The van der Waals surface area contributed by atoms with Gasteiger partial charge in [0.15, 0.2) is 0 Å². The fourth-order valence-electron chi connectivity index (χ4n) is 2.99. The normalized spacial score (nSPS) is 13.9. The largest absolute Gasteiger partial charge is 0.497 e. The van der Waals surface area contributed by atoms with Crippen LogP contribution in [-0.4, -0.2) is 32.6 Å². The lowest BCUT2D eigenvalue weighted by Gasteiger charge is -2.19. The molecule has 6 heteroatoms. The highest BCUT2D eigenvalue weighted by atomic mass is 16.5. The fourth-order valence-corrected chi connectivity index (χ4v) is 2.99. The van der Waals surface area contributed by atoms with Crippen LogP contribution in [0.25, 0.3) is 6.08 Å². The summed E-state index contributed by atoms with van der Waals surface area (Å²) < 4.78 is 10.5. The van der Waals surface area contributed by atoms with Gasteiger partial charge in [-0.05, 0) is 42.3 Å². The van der Waals surface area contributed by atoms with Crippen LogP contribution >= 0.6 is 0 Å². The van der Waals surface area contributed by atoms with E-state index >= 15 is 0 Å². The topological polar surface area (TPSA) is 67.9 Å². The molecule has 1 N–H and O–H groups in total. The van der Waals surface area contributed by atoms with Crippen molar-refractivity contribution < 1.29 is 19.1 Å². The van der Waals surface area contributed by atoms with E-state index in [1.165, 1.54) is 6.08 Å². The van der Waals surface area contributed by atoms with Crippen LogP contribution in [0.2, 0.25) is 0 Å². The first-order valence-electron chi connectivity index (χ1n) is 8.72. The van der Waals surface area contributed by atoms with Gasteiger partial charge in [0.2, 0.25) is 11.8 Å². The van der Waals surface area contributed by atoms with E-state index in [0.29, 0.717) is 30.2 Å². The molecule has 1 aliphatic rings. The van der Waals surface area contributed by atoms with Gasteiger partial charge in [-0.3, -0.25) is 9.59 Å². The van der Waals surface area contributed by atoms with Gasteiger partial charge in [0.1, 0.15) is 11.5 Å². The third-order valence-electron chi connectivity index (χ3n) is 4.33. The van der Waals surface area contributed by atoms with E-state index in [0.717, 1.165) is 17.7 Å². The number of hydrogen-bond donors (Lipinski definition) is 1. The summed E-state index contributed by atoms with van der Waals surface area (Å²) in [7, 11) is 3.15. The summed E-state index contributed by atoms with van der Waals surface area (Å²) >= 11 is 0. The maximum Gasteiger partial charge on any atom is 0.248 e. The molecule has 0 saturated carbocycles. The minimum absolute atomic E-state index is 0.0794. The van der Waals surface area contributed by atoms with Crippen molar-refractivity contribution in [3.63, 3.8) is 0 Å². The van der Waals surface area contributed by atoms with Gasteiger partial charge in [-0.15, -0.1) is 0 Å². The van der Waals surface area contributed by atoms with Crippen LogP contribution in [0.4, 0.5) is 11.4 Å². The molecule has 3 rings (SSSR count). The highest BCUT2D eigenvalue weighted by Gasteiger charge is 2.23. The Labute approximate surface area is 158 Å². The van der Waals surface area contributed by atoms with Gasteiger partial charge in [-0.25, -0.2) is 0 Å². The highest BCUT2D eigenvalue weighted by molar-refractivity contribution is 6.06. The summed E-state index contributed by atoms with van der Waals surface area (Å²) in [5, 5.41) is 2.85. The van der Waals surface area contributed by atoms with E-state index in [4.69, 9.17) is 9.47 Å². The summed E-state index contributed by atoms with van der Waals surface area (Å²) in [6.45, 7) is 0.672.